The zero-order valence-corrected chi connectivity index (χ0v) is 15.1. The standard InChI is InChI=1S/C19H20N4OS/c1-3-15-11(2)10-16(25-15)19(24)20-14-8-6-13(7-9-14)18-21-17(22-23-18)12-4-5-12/h6-10,12H,3-5H2,1-2H3,(H,20,24)(H,21,22,23). The van der Waals surface area contributed by atoms with Crippen LogP contribution in [0.2, 0.25) is 0 Å². The number of thiophene rings is 1. The van der Waals surface area contributed by atoms with Crippen molar-refractivity contribution in [2.45, 2.75) is 39.0 Å². The molecule has 0 aliphatic heterocycles. The summed E-state index contributed by atoms with van der Waals surface area (Å²) in [6.07, 6.45) is 3.35. The first kappa shape index (κ1) is 16.0. The van der Waals surface area contributed by atoms with Gasteiger partial charge in [-0.1, -0.05) is 6.92 Å². The van der Waals surface area contributed by atoms with Gasteiger partial charge in [-0.15, -0.1) is 11.3 Å². The van der Waals surface area contributed by atoms with Gasteiger partial charge in [-0.05, 0) is 62.1 Å². The first-order valence-electron chi connectivity index (χ1n) is 8.57. The fourth-order valence-corrected chi connectivity index (χ4v) is 3.83. The van der Waals surface area contributed by atoms with Crippen molar-refractivity contribution in [2.75, 3.05) is 5.32 Å². The van der Waals surface area contributed by atoms with E-state index in [1.165, 1.54) is 23.3 Å². The second-order valence-electron chi connectivity index (χ2n) is 6.42. The number of carbonyl (C=O) groups is 1. The number of anilines is 1. The number of hydrogen-bond donors (Lipinski definition) is 2. The molecule has 1 fully saturated rings. The lowest BCUT2D eigenvalue weighted by Gasteiger charge is -2.04. The summed E-state index contributed by atoms with van der Waals surface area (Å²) >= 11 is 1.56. The fourth-order valence-electron chi connectivity index (χ4n) is 2.82. The first-order chi connectivity index (χ1) is 12.1. The minimum absolute atomic E-state index is 0.0607. The Hall–Kier alpha value is -2.47. The molecule has 0 unspecified atom stereocenters. The summed E-state index contributed by atoms with van der Waals surface area (Å²) in [5.74, 6) is 2.19. The van der Waals surface area contributed by atoms with Crippen LogP contribution in [0.3, 0.4) is 0 Å². The molecule has 2 heterocycles. The van der Waals surface area contributed by atoms with E-state index in [1.54, 1.807) is 11.3 Å². The van der Waals surface area contributed by atoms with Crippen LogP contribution in [0.4, 0.5) is 5.69 Å². The zero-order valence-electron chi connectivity index (χ0n) is 14.3. The van der Waals surface area contributed by atoms with E-state index in [2.05, 4.69) is 27.4 Å². The minimum atomic E-state index is -0.0607. The van der Waals surface area contributed by atoms with Crippen LogP contribution >= 0.6 is 11.3 Å². The SMILES string of the molecule is CCc1sc(C(=O)Nc2ccc(-c3n[nH]c(C4CC4)n3)cc2)cc1C. The van der Waals surface area contributed by atoms with Gasteiger partial charge < -0.3 is 5.32 Å². The van der Waals surface area contributed by atoms with Crippen molar-refractivity contribution in [3.05, 3.63) is 51.5 Å². The number of nitrogens with one attached hydrogen (secondary N) is 2. The minimum Gasteiger partial charge on any atom is -0.321 e. The molecule has 6 heteroatoms. The highest BCUT2D eigenvalue weighted by Gasteiger charge is 2.27. The van der Waals surface area contributed by atoms with Crippen LogP contribution in [0, 0.1) is 6.92 Å². The maximum atomic E-state index is 12.4. The third-order valence-electron chi connectivity index (χ3n) is 4.43. The van der Waals surface area contributed by atoms with Gasteiger partial charge in [0.2, 0.25) is 0 Å². The number of hydrogen-bond acceptors (Lipinski definition) is 4. The summed E-state index contributed by atoms with van der Waals surface area (Å²) in [6, 6.07) is 9.61. The van der Waals surface area contributed by atoms with Gasteiger partial charge in [0, 0.05) is 22.0 Å². The number of aryl methyl sites for hydroxylation is 2. The number of rotatable bonds is 5. The summed E-state index contributed by atoms with van der Waals surface area (Å²) in [5, 5.41) is 10.3. The van der Waals surface area contributed by atoms with Crippen molar-refractivity contribution in [1.82, 2.24) is 15.2 Å². The Labute approximate surface area is 150 Å². The number of aromatic nitrogens is 3. The second-order valence-corrected chi connectivity index (χ2v) is 7.56. The van der Waals surface area contributed by atoms with Gasteiger partial charge in [-0.3, -0.25) is 9.89 Å². The van der Waals surface area contributed by atoms with E-state index in [-0.39, 0.29) is 5.91 Å². The molecule has 1 amide bonds. The van der Waals surface area contributed by atoms with Gasteiger partial charge >= 0.3 is 0 Å². The molecule has 0 saturated heterocycles. The maximum absolute atomic E-state index is 12.4. The van der Waals surface area contributed by atoms with Crippen LogP contribution in [-0.2, 0) is 6.42 Å². The molecular formula is C19H20N4OS. The van der Waals surface area contributed by atoms with Crippen molar-refractivity contribution in [3.63, 3.8) is 0 Å². The van der Waals surface area contributed by atoms with Crippen molar-refractivity contribution in [3.8, 4) is 11.4 Å². The largest absolute Gasteiger partial charge is 0.321 e. The average Bonchev–Trinajstić information content (AvgIpc) is 3.22. The van der Waals surface area contributed by atoms with Crippen molar-refractivity contribution < 1.29 is 4.79 Å². The summed E-state index contributed by atoms with van der Waals surface area (Å²) in [6.45, 7) is 4.16. The van der Waals surface area contributed by atoms with Gasteiger partial charge in [-0.25, -0.2) is 4.98 Å². The number of carbonyl (C=O) groups excluding carboxylic acids is 1. The van der Waals surface area contributed by atoms with Crippen molar-refractivity contribution in [1.29, 1.82) is 0 Å². The number of H-pyrrole nitrogens is 1. The molecule has 2 N–H and O–H groups in total. The fraction of sp³-hybridized carbons (Fsp3) is 0.316. The summed E-state index contributed by atoms with van der Waals surface area (Å²) in [4.78, 5) is 19.0. The summed E-state index contributed by atoms with van der Waals surface area (Å²) < 4.78 is 0. The Morgan fingerprint density at radius 3 is 2.72 bits per heavy atom. The molecule has 1 saturated carbocycles. The Balaban J connectivity index is 1.46. The number of aromatic amines is 1. The van der Waals surface area contributed by atoms with Gasteiger partial charge in [0.25, 0.3) is 5.91 Å². The van der Waals surface area contributed by atoms with Gasteiger partial charge in [0.1, 0.15) is 5.82 Å². The molecule has 128 valence electrons. The van der Waals surface area contributed by atoms with E-state index in [9.17, 15) is 4.79 Å². The summed E-state index contributed by atoms with van der Waals surface area (Å²) in [7, 11) is 0. The lowest BCUT2D eigenvalue weighted by atomic mass is 10.2. The normalized spacial score (nSPS) is 13.8. The second kappa shape index (κ2) is 6.44. The molecule has 0 radical (unpaired) electrons. The molecule has 1 aliphatic carbocycles. The smallest absolute Gasteiger partial charge is 0.265 e. The molecule has 25 heavy (non-hydrogen) atoms. The first-order valence-corrected chi connectivity index (χ1v) is 9.39. The van der Waals surface area contributed by atoms with Crippen LogP contribution in [0.5, 0.6) is 0 Å². The van der Waals surface area contributed by atoms with Crippen LogP contribution in [0.1, 0.15) is 51.6 Å². The van der Waals surface area contributed by atoms with E-state index in [1.807, 2.05) is 37.3 Å². The maximum Gasteiger partial charge on any atom is 0.265 e. The number of amides is 1. The number of benzene rings is 1. The highest BCUT2D eigenvalue weighted by Crippen LogP contribution is 2.38. The Morgan fingerprint density at radius 2 is 2.08 bits per heavy atom. The van der Waals surface area contributed by atoms with Crippen LogP contribution in [0.15, 0.2) is 30.3 Å². The lowest BCUT2D eigenvalue weighted by molar-refractivity contribution is 0.103. The average molecular weight is 352 g/mol. The topological polar surface area (TPSA) is 70.7 Å². The van der Waals surface area contributed by atoms with Gasteiger partial charge in [-0.2, -0.15) is 5.10 Å². The molecule has 5 nitrogen and oxygen atoms in total. The molecular weight excluding hydrogens is 332 g/mol. The molecule has 2 aromatic heterocycles. The van der Waals surface area contributed by atoms with E-state index >= 15 is 0 Å². The monoisotopic (exact) mass is 352 g/mol. The predicted molar refractivity (Wildman–Crippen MR) is 100 cm³/mol. The van der Waals surface area contributed by atoms with E-state index < -0.39 is 0 Å². The molecule has 3 aromatic rings. The number of nitrogens with zero attached hydrogens (tertiary/aromatic N) is 2. The molecule has 1 aromatic carbocycles. The zero-order chi connectivity index (χ0) is 17.4. The molecule has 0 atom stereocenters. The third kappa shape index (κ3) is 3.35. The Bertz CT molecular complexity index is 906. The molecule has 0 spiro atoms. The molecule has 0 bridgehead atoms. The van der Waals surface area contributed by atoms with E-state index in [0.29, 0.717) is 11.7 Å². The third-order valence-corrected chi connectivity index (χ3v) is 5.81. The Morgan fingerprint density at radius 1 is 1.32 bits per heavy atom. The molecule has 4 rings (SSSR count). The van der Waals surface area contributed by atoms with E-state index in [4.69, 9.17) is 0 Å². The molecule has 1 aliphatic rings. The predicted octanol–water partition coefficient (Wildman–Crippen LogP) is 4.53. The highest BCUT2D eigenvalue weighted by atomic mass is 32.1. The van der Waals surface area contributed by atoms with Crippen LogP contribution < -0.4 is 5.32 Å². The van der Waals surface area contributed by atoms with Crippen LogP contribution in [-0.4, -0.2) is 21.1 Å². The Kier molecular flexibility index (Phi) is 4.13. The van der Waals surface area contributed by atoms with Crippen molar-refractivity contribution in [2.24, 2.45) is 0 Å². The highest BCUT2D eigenvalue weighted by molar-refractivity contribution is 7.14. The lowest BCUT2D eigenvalue weighted by Crippen LogP contribution is -2.09. The quantitative estimate of drug-likeness (QED) is 0.708. The van der Waals surface area contributed by atoms with Gasteiger partial charge in [0.05, 0.1) is 4.88 Å². The summed E-state index contributed by atoms with van der Waals surface area (Å²) in [5.41, 5.74) is 2.90. The van der Waals surface area contributed by atoms with Gasteiger partial charge in [0.15, 0.2) is 5.82 Å². The van der Waals surface area contributed by atoms with Crippen LogP contribution in [0.25, 0.3) is 11.4 Å². The van der Waals surface area contributed by atoms with Crippen molar-refractivity contribution >= 4 is 22.9 Å². The van der Waals surface area contributed by atoms with E-state index in [0.717, 1.165) is 28.4 Å².